The molecule has 0 aliphatic carbocycles. The highest BCUT2D eigenvalue weighted by molar-refractivity contribution is 7.99. The van der Waals surface area contributed by atoms with Gasteiger partial charge in [-0.25, -0.2) is 14.4 Å². The number of halogens is 4. The topological polar surface area (TPSA) is 67.8 Å². The van der Waals surface area contributed by atoms with Gasteiger partial charge in [0.25, 0.3) is 0 Å². The van der Waals surface area contributed by atoms with Crippen LogP contribution in [0.4, 0.5) is 23.2 Å². The zero-order chi connectivity index (χ0) is 20.1. The van der Waals surface area contributed by atoms with Crippen molar-refractivity contribution in [2.75, 3.05) is 11.1 Å². The second kappa shape index (κ2) is 8.34. The highest BCUT2D eigenvalue weighted by Crippen LogP contribution is 2.32. The molecule has 0 spiro atoms. The van der Waals surface area contributed by atoms with Crippen LogP contribution in [0, 0.1) is 5.82 Å². The molecule has 1 N–H and O–H groups in total. The minimum absolute atomic E-state index is 0.0162. The second-order valence-corrected chi connectivity index (χ2v) is 6.45. The van der Waals surface area contributed by atoms with Crippen molar-refractivity contribution in [2.45, 2.75) is 11.3 Å². The van der Waals surface area contributed by atoms with Crippen LogP contribution in [0.1, 0.15) is 5.69 Å². The van der Waals surface area contributed by atoms with Crippen LogP contribution in [0.3, 0.4) is 0 Å². The molecular weight excluding hydrogens is 396 g/mol. The Balaban J connectivity index is 1.80. The lowest BCUT2D eigenvalue weighted by Crippen LogP contribution is -2.15. The molecule has 2 aromatic heterocycles. The predicted octanol–water partition coefficient (Wildman–Crippen LogP) is 4.43. The molecule has 1 aromatic carbocycles. The van der Waals surface area contributed by atoms with E-state index in [0.717, 1.165) is 30.0 Å². The van der Waals surface area contributed by atoms with Gasteiger partial charge in [0.2, 0.25) is 5.91 Å². The molecule has 0 aliphatic rings. The van der Waals surface area contributed by atoms with Gasteiger partial charge in [-0.2, -0.15) is 13.2 Å². The first-order valence-electron chi connectivity index (χ1n) is 7.86. The number of anilines is 1. The molecule has 1 amide bonds. The van der Waals surface area contributed by atoms with E-state index < -0.39 is 23.6 Å². The van der Waals surface area contributed by atoms with Gasteiger partial charge in [0.05, 0.1) is 23.3 Å². The Hall–Kier alpha value is -3.01. The maximum absolute atomic E-state index is 13.2. The summed E-state index contributed by atoms with van der Waals surface area (Å²) >= 11 is 0.761. The predicted molar refractivity (Wildman–Crippen MR) is 96.0 cm³/mol. The largest absolute Gasteiger partial charge is 0.433 e. The minimum atomic E-state index is -4.69. The van der Waals surface area contributed by atoms with Crippen molar-refractivity contribution in [2.24, 2.45) is 0 Å². The molecule has 0 fully saturated rings. The quantitative estimate of drug-likeness (QED) is 0.384. The number of nitrogens with one attached hydrogen (secondary N) is 1. The zero-order valence-electron chi connectivity index (χ0n) is 14.1. The van der Waals surface area contributed by atoms with Crippen molar-refractivity contribution in [3.05, 3.63) is 66.4 Å². The molecule has 144 valence electrons. The summed E-state index contributed by atoms with van der Waals surface area (Å²) in [5, 5.41) is 2.36. The number of benzene rings is 1. The van der Waals surface area contributed by atoms with Gasteiger partial charge in [-0.15, -0.1) is 0 Å². The van der Waals surface area contributed by atoms with E-state index in [1.165, 1.54) is 24.5 Å². The Morgan fingerprint density at radius 2 is 1.86 bits per heavy atom. The maximum Gasteiger partial charge on any atom is 0.433 e. The summed E-state index contributed by atoms with van der Waals surface area (Å²) in [5.41, 5.74) is -0.393. The normalized spacial score (nSPS) is 11.3. The molecule has 0 aliphatic heterocycles. The van der Waals surface area contributed by atoms with E-state index in [0.29, 0.717) is 11.3 Å². The van der Waals surface area contributed by atoms with Gasteiger partial charge in [0.1, 0.15) is 11.5 Å². The molecular formula is C18H12F4N4OS. The molecule has 0 saturated carbocycles. The Labute approximate surface area is 161 Å². The van der Waals surface area contributed by atoms with Crippen molar-refractivity contribution in [3.8, 4) is 11.3 Å². The molecule has 0 radical (unpaired) electrons. The summed E-state index contributed by atoms with van der Waals surface area (Å²) in [7, 11) is 0. The van der Waals surface area contributed by atoms with Gasteiger partial charge < -0.3 is 5.32 Å². The first kappa shape index (κ1) is 19.7. The van der Waals surface area contributed by atoms with E-state index in [1.807, 2.05) is 0 Å². The summed E-state index contributed by atoms with van der Waals surface area (Å²) in [6.45, 7) is 0. The fourth-order valence-electron chi connectivity index (χ4n) is 2.17. The third kappa shape index (κ3) is 5.26. The molecule has 3 rings (SSSR count). The number of nitrogens with zero attached hydrogens (tertiary/aromatic N) is 3. The van der Waals surface area contributed by atoms with Crippen molar-refractivity contribution in [1.29, 1.82) is 0 Å². The highest BCUT2D eigenvalue weighted by atomic mass is 32.2. The lowest BCUT2D eigenvalue weighted by Gasteiger charge is -2.10. The number of hydrogen-bond acceptors (Lipinski definition) is 5. The summed E-state index contributed by atoms with van der Waals surface area (Å²) in [6, 6.07) is 8.93. The van der Waals surface area contributed by atoms with E-state index in [2.05, 4.69) is 20.3 Å². The summed E-state index contributed by atoms with van der Waals surface area (Å²) in [5.74, 6) is -1.16. The third-order valence-corrected chi connectivity index (χ3v) is 4.26. The highest BCUT2D eigenvalue weighted by Gasteiger charge is 2.34. The molecule has 5 nitrogen and oxygen atoms in total. The number of pyridine rings is 1. The first-order chi connectivity index (χ1) is 13.3. The van der Waals surface area contributed by atoms with E-state index in [1.54, 1.807) is 12.1 Å². The van der Waals surface area contributed by atoms with Crippen molar-refractivity contribution in [1.82, 2.24) is 15.0 Å². The van der Waals surface area contributed by atoms with E-state index in [9.17, 15) is 22.4 Å². The number of alkyl halides is 3. The fourth-order valence-corrected chi connectivity index (χ4v) is 2.83. The van der Waals surface area contributed by atoms with Crippen molar-refractivity contribution >= 4 is 23.4 Å². The monoisotopic (exact) mass is 408 g/mol. The smallest absolute Gasteiger partial charge is 0.324 e. The number of carbonyl (C=O) groups excluding carboxylic acids is 1. The van der Waals surface area contributed by atoms with Crippen LogP contribution in [0.5, 0.6) is 0 Å². The van der Waals surface area contributed by atoms with Crippen LogP contribution < -0.4 is 5.32 Å². The van der Waals surface area contributed by atoms with Crippen LogP contribution >= 0.6 is 11.8 Å². The van der Waals surface area contributed by atoms with Gasteiger partial charge in [-0.3, -0.25) is 9.78 Å². The van der Waals surface area contributed by atoms with E-state index >= 15 is 0 Å². The van der Waals surface area contributed by atoms with Gasteiger partial charge in [0, 0.05) is 11.8 Å². The van der Waals surface area contributed by atoms with Crippen LogP contribution in [0.15, 0.2) is 60.0 Å². The van der Waals surface area contributed by atoms with Crippen molar-refractivity contribution in [3.63, 3.8) is 0 Å². The van der Waals surface area contributed by atoms with Crippen molar-refractivity contribution < 1.29 is 22.4 Å². The van der Waals surface area contributed by atoms with Gasteiger partial charge in [-0.05, 0) is 42.5 Å². The average molecular weight is 408 g/mol. The maximum atomic E-state index is 13.2. The number of amides is 1. The molecule has 0 saturated heterocycles. The molecule has 0 unspecified atom stereocenters. The molecule has 0 atom stereocenters. The number of rotatable bonds is 5. The fraction of sp³-hybridized carbons (Fsp3) is 0.111. The lowest BCUT2D eigenvalue weighted by molar-refractivity contribution is -0.141. The first-order valence-corrected chi connectivity index (χ1v) is 8.85. The Bertz CT molecular complexity index is 966. The van der Waals surface area contributed by atoms with E-state index in [-0.39, 0.29) is 16.6 Å². The molecule has 28 heavy (non-hydrogen) atoms. The molecule has 3 aromatic rings. The lowest BCUT2D eigenvalue weighted by atomic mass is 10.1. The van der Waals surface area contributed by atoms with Gasteiger partial charge in [0.15, 0.2) is 5.16 Å². The SMILES string of the molecule is O=C(CSc1nc(-c2ccc(F)cc2)cc(C(F)(F)F)n1)Nc1cccnc1. The Morgan fingerprint density at radius 3 is 2.50 bits per heavy atom. The second-order valence-electron chi connectivity index (χ2n) is 5.50. The summed E-state index contributed by atoms with van der Waals surface area (Å²) < 4.78 is 52.6. The standard InChI is InChI=1S/C18H12F4N4OS/c19-12-5-3-11(4-6-12)14-8-15(18(20,21)22)26-17(25-14)28-10-16(27)24-13-2-1-7-23-9-13/h1-9H,10H2,(H,24,27). The number of aromatic nitrogens is 3. The molecule has 0 bridgehead atoms. The van der Waals surface area contributed by atoms with Crippen LogP contribution in [-0.2, 0) is 11.0 Å². The van der Waals surface area contributed by atoms with Gasteiger partial charge in [-0.1, -0.05) is 11.8 Å². The summed E-state index contributed by atoms with van der Waals surface area (Å²) in [6.07, 6.45) is -1.71. The van der Waals surface area contributed by atoms with Crippen LogP contribution in [0.2, 0.25) is 0 Å². The number of hydrogen-bond donors (Lipinski definition) is 1. The van der Waals surface area contributed by atoms with Crippen LogP contribution in [-0.4, -0.2) is 26.6 Å². The molecule has 10 heteroatoms. The Morgan fingerprint density at radius 1 is 1.11 bits per heavy atom. The molecule has 2 heterocycles. The van der Waals surface area contributed by atoms with Gasteiger partial charge >= 0.3 is 6.18 Å². The van der Waals surface area contributed by atoms with Crippen LogP contribution in [0.25, 0.3) is 11.3 Å². The summed E-state index contributed by atoms with van der Waals surface area (Å²) in [4.78, 5) is 23.4. The number of thioether (sulfide) groups is 1. The minimum Gasteiger partial charge on any atom is -0.324 e. The van der Waals surface area contributed by atoms with E-state index in [4.69, 9.17) is 0 Å². The Kier molecular flexibility index (Phi) is 5.88. The average Bonchev–Trinajstić information content (AvgIpc) is 2.67. The zero-order valence-corrected chi connectivity index (χ0v) is 14.9. The number of carbonyl (C=O) groups is 1. The third-order valence-electron chi connectivity index (χ3n) is 3.41.